The highest BCUT2D eigenvalue weighted by Crippen LogP contribution is 2.36. The second kappa shape index (κ2) is 5.98. The van der Waals surface area contributed by atoms with E-state index in [9.17, 15) is 4.79 Å². The number of amides is 1. The molecule has 3 rings (SSSR count). The van der Waals surface area contributed by atoms with Crippen LogP contribution >= 0.6 is 0 Å². The van der Waals surface area contributed by atoms with E-state index in [0.717, 1.165) is 18.4 Å². The van der Waals surface area contributed by atoms with E-state index in [4.69, 9.17) is 5.26 Å². The van der Waals surface area contributed by atoms with Crippen LogP contribution in [0.5, 0.6) is 0 Å². The van der Waals surface area contributed by atoms with E-state index in [1.54, 1.807) is 6.07 Å². The minimum Gasteiger partial charge on any atom is -0.347 e. The summed E-state index contributed by atoms with van der Waals surface area (Å²) in [5, 5.41) is 12.0. The monoisotopic (exact) mass is 291 g/mol. The molecular formula is C18H17N3O. The molecule has 0 spiro atoms. The molecule has 1 aromatic carbocycles. The fraction of sp³-hybridized carbons (Fsp3) is 0.278. The zero-order chi connectivity index (χ0) is 15.5. The summed E-state index contributed by atoms with van der Waals surface area (Å²) in [7, 11) is 0. The average Bonchev–Trinajstić information content (AvgIpc) is 2.52. The predicted octanol–water partition coefficient (Wildman–Crippen LogP) is 2.94. The number of nitrogens with one attached hydrogen (secondary N) is 1. The summed E-state index contributed by atoms with van der Waals surface area (Å²) >= 11 is 0. The standard InChI is InChI=1S/C18H17N3O/c1-12-9-17(20-11-14(12)10-19)18(22)21-16-8-7-15(16)13-5-3-2-4-6-13/h2-6,9,11,15-16H,7-8H2,1H3,(H,21,22)/t15-,16-/m1/s1. The van der Waals surface area contributed by atoms with Gasteiger partial charge in [0, 0.05) is 18.2 Å². The Kier molecular flexibility index (Phi) is 3.88. The zero-order valence-electron chi connectivity index (χ0n) is 12.4. The van der Waals surface area contributed by atoms with E-state index in [1.165, 1.54) is 11.8 Å². The number of aryl methyl sites for hydroxylation is 1. The van der Waals surface area contributed by atoms with Gasteiger partial charge < -0.3 is 5.32 Å². The van der Waals surface area contributed by atoms with E-state index in [0.29, 0.717) is 17.2 Å². The van der Waals surface area contributed by atoms with Crippen LogP contribution in [0.2, 0.25) is 0 Å². The van der Waals surface area contributed by atoms with E-state index in [2.05, 4.69) is 28.5 Å². The van der Waals surface area contributed by atoms with Gasteiger partial charge in [-0.3, -0.25) is 4.79 Å². The van der Waals surface area contributed by atoms with Crippen LogP contribution in [-0.2, 0) is 0 Å². The first-order chi connectivity index (χ1) is 10.7. The Hall–Kier alpha value is -2.67. The van der Waals surface area contributed by atoms with Gasteiger partial charge in [-0.2, -0.15) is 5.26 Å². The van der Waals surface area contributed by atoms with E-state index in [-0.39, 0.29) is 11.9 Å². The van der Waals surface area contributed by atoms with Gasteiger partial charge in [-0.15, -0.1) is 0 Å². The quantitative estimate of drug-likeness (QED) is 0.945. The second-order valence-corrected chi connectivity index (χ2v) is 5.67. The van der Waals surface area contributed by atoms with Crippen LogP contribution in [0.25, 0.3) is 0 Å². The number of nitrogens with zero attached hydrogens (tertiary/aromatic N) is 2. The normalized spacial score (nSPS) is 19.8. The van der Waals surface area contributed by atoms with Crippen LogP contribution in [0, 0.1) is 18.3 Å². The lowest BCUT2D eigenvalue weighted by atomic mass is 9.75. The molecular weight excluding hydrogens is 274 g/mol. The van der Waals surface area contributed by atoms with Crippen LogP contribution in [0.4, 0.5) is 0 Å². The van der Waals surface area contributed by atoms with Crippen molar-refractivity contribution in [3.63, 3.8) is 0 Å². The maximum absolute atomic E-state index is 12.3. The van der Waals surface area contributed by atoms with Gasteiger partial charge in [-0.25, -0.2) is 4.98 Å². The molecule has 1 aromatic heterocycles. The van der Waals surface area contributed by atoms with Crippen molar-refractivity contribution in [3.05, 3.63) is 65.0 Å². The number of carbonyl (C=O) groups excluding carboxylic acids is 1. The van der Waals surface area contributed by atoms with Crippen molar-refractivity contribution in [1.29, 1.82) is 5.26 Å². The third-order valence-corrected chi connectivity index (χ3v) is 4.28. The number of carbonyl (C=O) groups is 1. The smallest absolute Gasteiger partial charge is 0.270 e. The molecule has 1 saturated carbocycles. The molecule has 2 aromatic rings. The predicted molar refractivity (Wildman–Crippen MR) is 83.4 cm³/mol. The molecule has 22 heavy (non-hydrogen) atoms. The third kappa shape index (κ3) is 2.71. The molecule has 1 aliphatic carbocycles. The Morgan fingerprint density at radius 2 is 2.09 bits per heavy atom. The van der Waals surface area contributed by atoms with Gasteiger partial charge in [0.1, 0.15) is 11.8 Å². The first-order valence-corrected chi connectivity index (χ1v) is 7.41. The summed E-state index contributed by atoms with van der Waals surface area (Å²) in [5.74, 6) is 0.211. The van der Waals surface area contributed by atoms with Crippen LogP contribution in [0.15, 0.2) is 42.6 Å². The van der Waals surface area contributed by atoms with E-state index >= 15 is 0 Å². The molecule has 0 saturated heterocycles. The lowest BCUT2D eigenvalue weighted by Crippen LogP contribution is -2.45. The highest BCUT2D eigenvalue weighted by molar-refractivity contribution is 5.92. The third-order valence-electron chi connectivity index (χ3n) is 4.28. The molecule has 1 fully saturated rings. The van der Waals surface area contributed by atoms with Crippen molar-refractivity contribution >= 4 is 5.91 Å². The van der Waals surface area contributed by atoms with Gasteiger partial charge in [-0.1, -0.05) is 30.3 Å². The molecule has 1 heterocycles. The number of rotatable bonds is 3. The van der Waals surface area contributed by atoms with Crippen LogP contribution < -0.4 is 5.32 Å². The lowest BCUT2D eigenvalue weighted by molar-refractivity contribution is 0.0899. The number of hydrogen-bond acceptors (Lipinski definition) is 3. The summed E-state index contributed by atoms with van der Waals surface area (Å²) in [6.07, 6.45) is 3.54. The van der Waals surface area contributed by atoms with Gasteiger partial charge in [0.05, 0.1) is 5.56 Å². The average molecular weight is 291 g/mol. The highest BCUT2D eigenvalue weighted by Gasteiger charge is 2.33. The number of benzene rings is 1. The van der Waals surface area contributed by atoms with Gasteiger partial charge in [0.15, 0.2) is 0 Å². The summed E-state index contributed by atoms with van der Waals surface area (Å²) in [4.78, 5) is 16.4. The number of hydrogen-bond donors (Lipinski definition) is 1. The molecule has 110 valence electrons. The Bertz CT molecular complexity index is 734. The maximum Gasteiger partial charge on any atom is 0.270 e. The van der Waals surface area contributed by atoms with Crippen molar-refractivity contribution in [1.82, 2.24) is 10.3 Å². The molecule has 1 aliphatic rings. The number of nitriles is 1. The fourth-order valence-electron chi connectivity index (χ4n) is 2.81. The summed E-state index contributed by atoms with van der Waals surface area (Å²) in [6.45, 7) is 1.81. The molecule has 4 heteroatoms. The van der Waals surface area contributed by atoms with E-state index < -0.39 is 0 Å². The Morgan fingerprint density at radius 1 is 1.32 bits per heavy atom. The molecule has 0 aliphatic heterocycles. The number of pyridine rings is 1. The fourth-order valence-corrected chi connectivity index (χ4v) is 2.81. The van der Waals surface area contributed by atoms with Crippen molar-refractivity contribution in [2.75, 3.05) is 0 Å². The van der Waals surface area contributed by atoms with Gasteiger partial charge in [0.25, 0.3) is 5.91 Å². The molecule has 2 atom stereocenters. The Labute approximate surface area is 129 Å². The SMILES string of the molecule is Cc1cc(C(=O)N[C@@H]2CC[C@@H]2c2ccccc2)ncc1C#N. The first kappa shape index (κ1) is 14.3. The van der Waals surface area contributed by atoms with Gasteiger partial charge in [0.2, 0.25) is 0 Å². The number of aromatic nitrogens is 1. The van der Waals surface area contributed by atoms with Gasteiger partial charge >= 0.3 is 0 Å². The molecule has 0 unspecified atom stereocenters. The minimum atomic E-state index is -0.168. The van der Waals surface area contributed by atoms with Crippen molar-refractivity contribution in [3.8, 4) is 6.07 Å². The Balaban J connectivity index is 1.70. The second-order valence-electron chi connectivity index (χ2n) is 5.67. The van der Waals surface area contributed by atoms with Crippen molar-refractivity contribution in [2.45, 2.75) is 31.7 Å². The minimum absolute atomic E-state index is 0.160. The maximum atomic E-state index is 12.3. The molecule has 1 amide bonds. The van der Waals surface area contributed by atoms with Crippen molar-refractivity contribution < 1.29 is 4.79 Å². The summed E-state index contributed by atoms with van der Waals surface area (Å²) in [5.41, 5.74) is 2.91. The summed E-state index contributed by atoms with van der Waals surface area (Å²) < 4.78 is 0. The van der Waals surface area contributed by atoms with Crippen molar-refractivity contribution in [2.24, 2.45) is 0 Å². The summed E-state index contributed by atoms with van der Waals surface area (Å²) in [6, 6.07) is 14.1. The molecule has 0 bridgehead atoms. The molecule has 4 nitrogen and oxygen atoms in total. The topological polar surface area (TPSA) is 65.8 Å². The molecule has 0 radical (unpaired) electrons. The first-order valence-electron chi connectivity index (χ1n) is 7.41. The van der Waals surface area contributed by atoms with E-state index in [1.807, 2.05) is 25.1 Å². The molecule has 1 N–H and O–H groups in total. The lowest BCUT2D eigenvalue weighted by Gasteiger charge is -2.37. The zero-order valence-corrected chi connectivity index (χ0v) is 12.4. The van der Waals surface area contributed by atoms with Crippen LogP contribution in [-0.4, -0.2) is 16.9 Å². The van der Waals surface area contributed by atoms with Crippen LogP contribution in [0.3, 0.4) is 0 Å². The van der Waals surface area contributed by atoms with Crippen LogP contribution in [0.1, 0.15) is 45.9 Å². The largest absolute Gasteiger partial charge is 0.347 e. The highest BCUT2D eigenvalue weighted by atomic mass is 16.1. The Morgan fingerprint density at radius 3 is 2.68 bits per heavy atom. The van der Waals surface area contributed by atoms with Gasteiger partial charge in [-0.05, 0) is 37.0 Å².